The van der Waals surface area contributed by atoms with Gasteiger partial charge in [0, 0.05) is 5.75 Å². The van der Waals surface area contributed by atoms with Crippen LogP contribution in [0.3, 0.4) is 0 Å². The quantitative estimate of drug-likeness (QED) is 0.508. The highest BCUT2D eigenvalue weighted by Gasteiger charge is 2.22. The first-order chi connectivity index (χ1) is 6.72. The second kappa shape index (κ2) is 5.87. The van der Waals surface area contributed by atoms with Gasteiger partial charge in [-0.1, -0.05) is 11.8 Å². The number of hydrogen-bond acceptors (Lipinski definition) is 6. The van der Waals surface area contributed by atoms with E-state index in [-0.39, 0.29) is 13.0 Å². The van der Waals surface area contributed by atoms with E-state index in [9.17, 15) is 9.59 Å². The van der Waals surface area contributed by atoms with Gasteiger partial charge in [0.25, 0.3) is 5.62 Å². The maximum atomic E-state index is 11.1. The van der Waals surface area contributed by atoms with Gasteiger partial charge >= 0.3 is 11.9 Å². The molecule has 0 N–H and O–H groups in total. The van der Waals surface area contributed by atoms with E-state index < -0.39 is 17.6 Å². The highest BCUT2D eigenvalue weighted by Crippen LogP contribution is 2.20. The molecule has 0 saturated carbocycles. The summed E-state index contributed by atoms with van der Waals surface area (Å²) in [5, 5.41) is 0. The predicted octanol–water partition coefficient (Wildman–Crippen LogP) is 0.530. The SMILES string of the molecule is CCOC(=O)CC(=O)OC1OCCS1. The van der Waals surface area contributed by atoms with Gasteiger partial charge in [-0.25, -0.2) is 0 Å². The second-order valence-corrected chi connectivity index (χ2v) is 3.63. The van der Waals surface area contributed by atoms with Crippen molar-refractivity contribution in [2.24, 2.45) is 0 Å². The smallest absolute Gasteiger partial charge is 0.320 e. The van der Waals surface area contributed by atoms with Crippen LogP contribution in [-0.2, 0) is 23.8 Å². The van der Waals surface area contributed by atoms with Gasteiger partial charge < -0.3 is 14.2 Å². The van der Waals surface area contributed by atoms with Crippen molar-refractivity contribution in [3.05, 3.63) is 0 Å². The van der Waals surface area contributed by atoms with E-state index in [1.165, 1.54) is 11.8 Å². The summed E-state index contributed by atoms with van der Waals surface area (Å²) >= 11 is 1.39. The van der Waals surface area contributed by atoms with Crippen molar-refractivity contribution in [3.63, 3.8) is 0 Å². The van der Waals surface area contributed by atoms with E-state index in [1.54, 1.807) is 6.92 Å². The molecule has 0 radical (unpaired) electrons. The fraction of sp³-hybridized carbons (Fsp3) is 0.750. The lowest BCUT2D eigenvalue weighted by atomic mass is 10.4. The Morgan fingerprint density at radius 2 is 2.29 bits per heavy atom. The molecule has 0 aromatic heterocycles. The van der Waals surface area contributed by atoms with Gasteiger partial charge in [-0.15, -0.1) is 0 Å². The van der Waals surface area contributed by atoms with Crippen molar-refractivity contribution in [1.29, 1.82) is 0 Å². The number of hydrogen-bond donors (Lipinski definition) is 0. The first-order valence-electron chi connectivity index (χ1n) is 4.30. The van der Waals surface area contributed by atoms with Gasteiger partial charge in [-0.05, 0) is 6.92 Å². The molecule has 5 nitrogen and oxygen atoms in total. The topological polar surface area (TPSA) is 61.8 Å². The van der Waals surface area contributed by atoms with Crippen LogP contribution in [0.2, 0.25) is 0 Å². The van der Waals surface area contributed by atoms with E-state index >= 15 is 0 Å². The molecule has 0 spiro atoms. The zero-order chi connectivity index (χ0) is 10.4. The lowest BCUT2D eigenvalue weighted by Gasteiger charge is -2.09. The first kappa shape index (κ1) is 11.3. The van der Waals surface area contributed by atoms with Gasteiger partial charge in [-0.3, -0.25) is 9.59 Å². The monoisotopic (exact) mass is 220 g/mol. The molecular weight excluding hydrogens is 208 g/mol. The van der Waals surface area contributed by atoms with Crippen molar-refractivity contribution >= 4 is 23.7 Å². The molecule has 0 aromatic rings. The summed E-state index contributed by atoms with van der Waals surface area (Å²) < 4.78 is 14.5. The summed E-state index contributed by atoms with van der Waals surface area (Å²) in [6, 6.07) is 0. The number of carbonyl (C=O) groups excluding carboxylic acids is 2. The molecule has 0 aromatic carbocycles. The van der Waals surface area contributed by atoms with Gasteiger partial charge in [0.15, 0.2) is 0 Å². The third-order valence-corrected chi connectivity index (χ3v) is 2.32. The number of ether oxygens (including phenoxy) is 3. The van der Waals surface area contributed by atoms with Crippen LogP contribution in [-0.4, -0.2) is 36.5 Å². The molecule has 0 aliphatic carbocycles. The van der Waals surface area contributed by atoms with E-state index in [2.05, 4.69) is 4.74 Å². The summed E-state index contributed by atoms with van der Waals surface area (Å²) in [5.74, 6) is -0.375. The van der Waals surface area contributed by atoms with Crippen LogP contribution in [0.1, 0.15) is 13.3 Å². The standard InChI is InChI=1S/C8H12O5S/c1-2-11-6(9)5-7(10)13-8-12-3-4-14-8/h8H,2-5H2,1H3. The average molecular weight is 220 g/mol. The molecule has 1 aliphatic rings. The largest absolute Gasteiger partial charge is 0.466 e. The van der Waals surface area contributed by atoms with Crippen LogP contribution in [0.15, 0.2) is 0 Å². The minimum absolute atomic E-state index is 0.265. The minimum Gasteiger partial charge on any atom is -0.466 e. The number of rotatable bonds is 4. The normalized spacial score (nSPS) is 20.5. The van der Waals surface area contributed by atoms with E-state index in [1.807, 2.05) is 0 Å². The molecule has 80 valence electrons. The fourth-order valence-corrected chi connectivity index (χ4v) is 1.64. The highest BCUT2D eigenvalue weighted by molar-refractivity contribution is 7.99. The molecule has 1 fully saturated rings. The van der Waals surface area contributed by atoms with Gasteiger partial charge in [0.1, 0.15) is 6.42 Å². The highest BCUT2D eigenvalue weighted by atomic mass is 32.2. The lowest BCUT2D eigenvalue weighted by molar-refractivity contribution is -0.164. The van der Waals surface area contributed by atoms with Gasteiger partial charge in [-0.2, -0.15) is 0 Å². The number of carbonyl (C=O) groups is 2. The van der Waals surface area contributed by atoms with Crippen molar-refractivity contribution in [2.45, 2.75) is 19.0 Å². The Morgan fingerprint density at radius 1 is 1.50 bits per heavy atom. The number of esters is 2. The molecule has 1 heterocycles. The molecule has 1 saturated heterocycles. The van der Waals surface area contributed by atoms with Crippen molar-refractivity contribution in [2.75, 3.05) is 19.0 Å². The summed E-state index contributed by atoms with van der Waals surface area (Å²) in [6.45, 7) is 2.52. The fourth-order valence-electron chi connectivity index (χ4n) is 0.884. The zero-order valence-electron chi connectivity index (χ0n) is 7.86. The van der Waals surface area contributed by atoms with Crippen molar-refractivity contribution < 1.29 is 23.8 Å². The zero-order valence-corrected chi connectivity index (χ0v) is 8.67. The third-order valence-electron chi connectivity index (χ3n) is 1.41. The van der Waals surface area contributed by atoms with Gasteiger partial charge in [0.05, 0.1) is 13.2 Å². The Bertz CT molecular complexity index is 212. The number of thioether (sulfide) groups is 1. The Hall–Kier alpha value is -0.750. The second-order valence-electron chi connectivity index (χ2n) is 2.50. The lowest BCUT2D eigenvalue weighted by Crippen LogP contribution is -2.18. The third kappa shape index (κ3) is 3.97. The summed E-state index contributed by atoms with van der Waals surface area (Å²) in [5.41, 5.74) is -0.558. The van der Waals surface area contributed by atoms with Crippen LogP contribution >= 0.6 is 11.8 Å². The molecule has 1 unspecified atom stereocenters. The van der Waals surface area contributed by atoms with E-state index in [0.29, 0.717) is 6.61 Å². The maximum absolute atomic E-state index is 11.1. The van der Waals surface area contributed by atoms with Gasteiger partial charge in [0.2, 0.25) is 0 Å². The Morgan fingerprint density at radius 3 is 2.86 bits per heavy atom. The summed E-state index contributed by atoms with van der Waals surface area (Å²) in [7, 11) is 0. The Kier molecular flexibility index (Phi) is 4.75. The molecule has 0 amide bonds. The van der Waals surface area contributed by atoms with E-state index in [4.69, 9.17) is 9.47 Å². The predicted molar refractivity (Wildman–Crippen MR) is 49.5 cm³/mol. The van der Waals surface area contributed by atoms with Crippen LogP contribution < -0.4 is 0 Å². The van der Waals surface area contributed by atoms with Crippen LogP contribution in [0, 0.1) is 0 Å². The Balaban J connectivity index is 2.17. The van der Waals surface area contributed by atoms with E-state index in [0.717, 1.165) is 5.75 Å². The molecule has 0 bridgehead atoms. The first-order valence-corrected chi connectivity index (χ1v) is 5.35. The summed E-state index contributed by atoms with van der Waals surface area (Å²) in [4.78, 5) is 21.9. The summed E-state index contributed by atoms with van der Waals surface area (Å²) in [6.07, 6.45) is -0.353. The van der Waals surface area contributed by atoms with Crippen LogP contribution in [0.4, 0.5) is 0 Å². The molecule has 14 heavy (non-hydrogen) atoms. The molecular formula is C8H12O5S. The van der Waals surface area contributed by atoms with Crippen molar-refractivity contribution in [1.82, 2.24) is 0 Å². The maximum Gasteiger partial charge on any atom is 0.320 e. The van der Waals surface area contributed by atoms with Crippen LogP contribution in [0.25, 0.3) is 0 Å². The molecule has 1 rings (SSSR count). The Labute approximate surface area is 86.1 Å². The molecule has 6 heteroatoms. The molecule has 1 aliphatic heterocycles. The minimum atomic E-state index is -0.608. The van der Waals surface area contributed by atoms with Crippen LogP contribution in [0.5, 0.6) is 0 Å². The molecule has 1 atom stereocenters. The van der Waals surface area contributed by atoms with Crippen molar-refractivity contribution in [3.8, 4) is 0 Å². The average Bonchev–Trinajstić information content (AvgIpc) is 2.56.